The second-order valence-corrected chi connectivity index (χ2v) is 2.24. The highest BCUT2D eigenvalue weighted by Crippen LogP contribution is 1.99. The van der Waals surface area contributed by atoms with Crippen LogP contribution >= 0.6 is 0 Å². The van der Waals surface area contributed by atoms with Gasteiger partial charge in [0.25, 0.3) is 0 Å². The Balaban J connectivity index is 2.28. The Hall–Kier alpha value is -0.860. The molecule has 1 aromatic carbocycles. The van der Waals surface area contributed by atoms with Crippen LogP contribution in [0.3, 0.4) is 0 Å². The first-order valence-corrected chi connectivity index (χ1v) is 3.54. The lowest BCUT2D eigenvalue weighted by molar-refractivity contribution is -0.0390. The molecule has 0 aliphatic heterocycles. The van der Waals surface area contributed by atoms with Gasteiger partial charge in [0.15, 0.2) is 0 Å². The lowest BCUT2D eigenvalue weighted by Gasteiger charge is -2.01. The Bertz CT molecular complexity index is 184. The summed E-state index contributed by atoms with van der Waals surface area (Å²) >= 11 is 0. The second-order valence-electron chi connectivity index (χ2n) is 2.24. The molecule has 0 bridgehead atoms. The van der Waals surface area contributed by atoms with Crippen LogP contribution in [-0.4, -0.2) is 13.9 Å². The summed E-state index contributed by atoms with van der Waals surface area (Å²) in [5.74, 6) is 0. The van der Waals surface area contributed by atoms with Crippen molar-refractivity contribution in [3.05, 3.63) is 35.9 Å². The summed E-state index contributed by atoms with van der Waals surface area (Å²) < 4.78 is 9.89. The topological polar surface area (TPSA) is 18.5 Å². The molecule has 0 aliphatic carbocycles. The Morgan fingerprint density at radius 1 is 1.18 bits per heavy atom. The average Bonchev–Trinajstić information content (AvgIpc) is 2.07. The number of methoxy groups -OCH3 is 1. The van der Waals surface area contributed by atoms with Crippen molar-refractivity contribution in [1.29, 1.82) is 0 Å². The van der Waals surface area contributed by atoms with E-state index in [1.165, 1.54) is 5.56 Å². The second kappa shape index (κ2) is 4.88. The molecule has 0 spiro atoms. The highest BCUT2D eigenvalue weighted by molar-refractivity contribution is 5.13. The van der Waals surface area contributed by atoms with Gasteiger partial charge in [-0.25, -0.2) is 0 Å². The summed E-state index contributed by atoms with van der Waals surface area (Å²) in [6.45, 7) is 0.976. The molecule has 0 fully saturated rings. The minimum absolute atomic E-state index is 0.356. The molecular weight excluding hydrogens is 140 g/mol. The summed E-state index contributed by atoms with van der Waals surface area (Å²) in [7, 11) is 1.62. The van der Waals surface area contributed by atoms with Crippen LogP contribution in [0, 0.1) is 0 Å². The Kier molecular flexibility index (Phi) is 3.65. The van der Waals surface area contributed by atoms with Crippen molar-refractivity contribution in [2.45, 2.75) is 6.61 Å². The molecule has 1 rings (SSSR count). The minimum Gasteiger partial charge on any atom is -0.359 e. The first-order valence-electron chi connectivity index (χ1n) is 3.54. The lowest BCUT2D eigenvalue weighted by Crippen LogP contribution is -1.96. The number of benzene rings is 1. The summed E-state index contributed by atoms with van der Waals surface area (Å²) in [5, 5.41) is 0. The van der Waals surface area contributed by atoms with E-state index in [2.05, 4.69) is 0 Å². The maximum atomic E-state index is 5.15. The third kappa shape index (κ3) is 3.16. The van der Waals surface area contributed by atoms with E-state index in [1.807, 2.05) is 30.3 Å². The normalized spacial score (nSPS) is 9.91. The van der Waals surface area contributed by atoms with Crippen molar-refractivity contribution < 1.29 is 9.47 Å². The van der Waals surface area contributed by atoms with Crippen LogP contribution in [0.1, 0.15) is 5.56 Å². The highest BCUT2D eigenvalue weighted by atomic mass is 16.7. The molecule has 0 unspecified atom stereocenters. The SMILES string of the molecule is COCOCc1ccccc1. The lowest BCUT2D eigenvalue weighted by atomic mass is 10.2. The molecule has 0 heterocycles. The minimum atomic E-state index is 0.356. The predicted molar refractivity (Wildman–Crippen MR) is 43.1 cm³/mol. The van der Waals surface area contributed by atoms with Crippen LogP contribution in [0.25, 0.3) is 0 Å². The van der Waals surface area contributed by atoms with Gasteiger partial charge in [0.1, 0.15) is 6.79 Å². The Morgan fingerprint density at radius 3 is 2.55 bits per heavy atom. The first kappa shape index (κ1) is 8.24. The maximum absolute atomic E-state index is 5.15. The molecule has 0 aliphatic rings. The van der Waals surface area contributed by atoms with Crippen molar-refractivity contribution in [3.63, 3.8) is 0 Å². The van der Waals surface area contributed by atoms with Crippen molar-refractivity contribution in [3.8, 4) is 0 Å². The van der Waals surface area contributed by atoms with Gasteiger partial charge in [-0.1, -0.05) is 30.3 Å². The highest BCUT2D eigenvalue weighted by Gasteiger charge is 1.88. The molecular formula is C9H12O2. The van der Waals surface area contributed by atoms with Crippen LogP contribution in [-0.2, 0) is 16.1 Å². The van der Waals surface area contributed by atoms with Gasteiger partial charge in [0.2, 0.25) is 0 Å². The molecule has 0 atom stereocenters. The number of rotatable bonds is 4. The molecule has 2 heteroatoms. The van der Waals surface area contributed by atoms with E-state index in [0.29, 0.717) is 13.4 Å². The Morgan fingerprint density at radius 2 is 1.91 bits per heavy atom. The molecule has 0 radical (unpaired) electrons. The van der Waals surface area contributed by atoms with E-state index in [-0.39, 0.29) is 0 Å². The maximum Gasteiger partial charge on any atom is 0.146 e. The monoisotopic (exact) mass is 152 g/mol. The fraction of sp³-hybridized carbons (Fsp3) is 0.333. The largest absolute Gasteiger partial charge is 0.359 e. The quantitative estimate of drug-likeness (QED) is 0.484. The van der Waals surface area contributed by atoms with E-state index >= 15 is 0 Å². The third-order valence-corrected chi connectivity index (χ3v) is 1.31. The van der Waals surface area contributed by atoms with E-state index in [1.54, 1.807) is 7.11 Å². The van der Waals surface area contributed by atoms with Crippen LogP contribution in [0.2, 0.25) is 0 Å². The van der Waals surface area contributed by atoms with Crippen LogP contribution < -0.4 is 0 Å². The fourth-order valence-corrected chi connectivity index (χ4v) is 0.817. The zero-order valence-corrected chi connectivity index (χ0v) is 6.62. The molecule has 0 aromatic heterocycles. The molecule has 11 heavy (non-hydrogen) atoms. The molecule has 0 saturated carbocycles. The number of ether oxygens (including phenoxy) is 2. The van der Waals surface area contributed by atoms with Crippen molar-refractivity contribution in [2.24, 2.45) is 0 Å². The van der Waals surface area contributed by atoms with E-state index in [0.717, 1.165) is 0 Å². The van der Waals surface area contributed by atoms with Gasteiger partial charge in [0.05, 0.1) is 6.61 Å². The third-order valence-electron chi connectivity index (χ3n) is 1.31. The van der Waals surface area contributed by atoms with Crippen molar-refractivity contribution >= 4 is 0 Å². The molecule has 1 aromatic rings. The van der Waals surface area contributed by atoms with E-state index < -0.39 is 0 Å². The zero-order chi connectivity index (χ0) is 7.94. The van der Waals surface area contributed by atoms with Gasteiger partial charge in [-0.15, -0.1) is 0 Å². The van der Waals surface area contributed by atoms with Crippen LogP contribution in [0.4, 0.5) is 0 Å². The molecule has 2 nitrogen and oxygen atoms in total. The van der Waals surface area contributed by atoms with Gasteiger partial charge in [-0.05, 0) is 5.56 Å². The summed E-state index contributed by atoms with van der Waals surface area (Å²) in [6, 6.07) is 10.0. The fourth-order valence-electron chi connectivity index (χ4n) is 0.817. The number of hydrogen-bond donors (Lipinski definition) is 0. The molecule has 60 valence electrons. The first-order chi connectivity index (χ1) is 5.43. The zero-order valence-electron chi connectivity index (χ0n) is 6.62. The predicted octanol–water partition coefficient (Wildman–Crippen LogP) is 1.81. The van der Waals surface area contributed by atoms with Gasteiger partial charge in [-0.3, -0.25) is 0 Å². The van der Waals surface area contributed by atoms with Crippen LogP contribution in [0.15, 0.2) is 30.3 Å². The molecule has 0 saturated heterocycles. The molecule has 0 N–H and O–H groups in total. The van der Waals surface area contributed by atoms with E-state index in [9.17, 15) is 0 Å². The van der Waals surface area contributed by atoms with E-state index in [4.69, 9.17) is 9.47 Å². The average molecular weight is 152 g/mol. The summed E-state index contributed by atoms with van der Waals surface area (Å²) in [5.41, 5.74) is 1.17. The smallest absolute Gasteiger partial charge is 0.146 e. The van der Waals surface area contributed by atoms with Crippen molar-refractivity contribution in [2.75, 3.05) is 13.9 Å². The summed E-state index contributed by atoms with van der Waals surface area (Å²) in [4.78, 5) is 0. The van der Waals surface area contributed by atoms with Gasteiger partial charge >= 0.3 is 0 Å². The Labute approximate surface area is 66.8 Å². The van der Waals surface area contributed by atoms with Crippen LogP contribution in [0.5, 0.6) is 0 Å². The molecule has 0 amide bonds. The summed E-state index contributed by atoms with van der Waals surface area (Å²) in [6.07, 6.45) is 0. The standard InChI is InChI=1S/C9H12O2/c1-10-8-11-7-9-5-3-2-4-6-9/h2-6H,7-8H2,1H3. The van der Waals surface area contributed by atoms with Gasteiger partial charge in [-0.2, -0.15) is 0 Å². The van der Waals surface area contributed by atoms with Crippen molar-refractivity contribution in [1.82, 2.24) is 0 Å². The van der Waals surface area contributed by atoms with Gasteiger partial charge < -0.3 is 9.47 Å². The van der Waals surface area contributed by atoms with Gasteiger partial charge in [0, 0.05) is 7.11 Å². The number of hydrogen-bond acceptors (Lipinski definition) is 2.